The summed E-state index contributed by atoms with van der Waals surface area (Å²) >= 11 is 5.91. The van der Waals surface area contributed by atoms with E-state index in [4.69, 9.17) is 17.3 Å². The molecule has 29 heavy (non-hydrogen) atoms. The molecular formula is C24H22ClN2O2. The molecule has 0 heterocycles. The number of nitrogens with two attached hydrogens (primary N) is 1. The molecule has 4 nitrogen and oxygen atoms in total. The quantitative estimate of drug-likeness (QED) is 0.589. The molecule has 0 fully saturated rings. The van der Waals surface area contributed by atoms with E-state index < -0.39 is 5.91 Å². The van der Waals surface area contributed by atoms with E-state index in [9.17, 15) is 9.59 Å². The third-order valence-electron chi connectivity index (χ3n) is 4.62. The second-order valence-electron chi connectivity index (χ2n) is 6.68. The van der Waals surface area contributed by atoms with Gasteiger partial charge in [0.05, 0.1) is 6.42 Å². The molecule has 1 radical (unpaired) electrons. The van der Waals surface area contributed by atoms with Crippen LogP contribution >= 0.6 is 11.6 Å². The van der Waals surface area contributed by atoms with Gasteiger partial charge in [-0.05, 0) is 47.2 Å². The summed E-state index contributed by atoms with van der Waals surface area (Å²) in [5.41, 5.74) is 9.90. The standard InChI is InChI=1S/C24H22ClN2O2/c25-21-12-11-20(22(16-21)24(26)29)14-15-27-23(28)13-8-17-6-9-19(10-7-17)18-4-2-1-3-5-18/h1-7,9-13,16H,8,14-15H2,(H2,26,29)(H,27,28). The van der Waals surface area contributed by atoms with Crippen molar-refractivity contribution < 1.29 is 9.59 Å². The van der Waals surface area contributed by atoms with Gasteiger partial charge in [-0.25, -0.2) is 0 Å². The Morgan fingerprint density at radius 3 is 2.31 bits per heavy atom. The van der Waals surface area contributed by atoms with Crippen molar-refractivity contribution in [2.75, 3.05) is 6.54 Å². The van der Waals surface area contributed by atoms with E-state index >= 15 is 0 Å². The van der Waals surface area contributed by atoms with E-state index in [0.717, 1.165) is 16.7 Å². The highest BCUT2D eigenvalue weighted by Crippen LogP contribution is 2.19. The monoisotopic (exact) mass is 405 g/mol. The van der Waals surface area contributed by atoms with E-state index in [2.05, 4.69) is 29.6 Å². The van der Waals surface area contributed by atoms with Gasteiger partial charge in [-0.15, -0.1) is 0 Å². The van der Waals surface area contributed by atoms with Crippen molar-refractivity contribution in [1.29, 1.82) is 0 Å². The maximum absolute atomic E-state index is 12.1. The number of carbonyl (C=O) groups is 2. The van der Waals surface area contributed by atoms with Crippen LogP contribution in [0.15, 0.2) is 72.8 Å². The van der Waals surface area contributed by atoms with E-state index in [0.29, 0.717) is 30.0 Å². The van der Waals surface area contributed by atoms with Gasteiger partial charge < -0.3 is 11.1 Å². The number of amides is 2. The highest BCUT2D eigenvalue weighted by atomic mass is 35.5. The molecule has 147 valence electrons. The Balaban J connectivity index is 1.46. The molecule has 2 amide bonds. The van der Waals surface area contributed by atoms with Gasteiger partial charge in [0.25, 0.3) is 0 Å². The molecule has 0 saturated heterocycles. The van der Waals surface area contributed by atoms with Crippen LogP contribution in [0.5, 0.6) is 0 Å². The highest BCUT2D eigenvalue weighted by Gasteiger charge is 2.10. The van der Waals surface area contributed by atoms with E-state index in [1.165, 1.54) is 5.56 Å². The van der Waals surface area contributed by atoms with Gasteiger partial charge in [-0.3, -0.25) is 9.59 Å². The van der Waals surface area contributed by atoms with Crippen molar-refractivity contribution in [3.63, 3.8) is 0 Å². The average molecular weight is 406 g/mol. The van der Waals surface area contributed by atoms with Gasteiger partial charge in [-0.2, -0.15) is 0 Å². The molecule has 3 aromatic rings. The fourth-order valence-electron chi connectivity index (χ4n) is 3.06. The lowest BCUT2D eigenvalue weighted by molar-refractivity contribution is -0.117. The summed E-state index contributed by atoms with van der Waals surface area (Å²) in [6.45, 7) is 0.407. The van der Waals surface area contributed by atoms with Crippen LogP contribution in [0.2, 0.25) is 5.02 Å². The Bertz CT molecular complexity index is 986. The Morgan fingerprint density at radius 2 is 1.62 bits per heavy atom. The molecular weight excluding hydrogens is 384 g/mol. The van der Waals surface area contributed by atoms with Crippen LogP contribution in [-0.4, -0.2) is 18.4 Å². The number of hydrogen-bond acceptors (Lipinski definition) is 2. The van der Waals surface area contributed by atoms with Crippen molar-refractivity contribution in [1.82, 2.24) is 5.32 Å². The Kier molecular flexibility index (Phi) is 7.04. The minimum Gasteiger partial charge on any atom is -0.366 e. The zero-order valence-corrected chi connectivity index (χ0v) is 16.7. The number of carbonyl (C=O) groups excluding carboxylic acids is 2. The molecule has 0 bridgehead atoms. The average Bonchev–Trinajstić information content (AvgIpc) is 2.74. The van der Waals surface area contributed by atoms with Crippen LogP contribution in [0.4, 0.5) is 0 Å². The molecule has 0 saturated carbocycles. The molecule has 0 aliphatic heterocycles. The van der Waals surface area contributed by atoms with Crippen LogP contribution in [-0.2, 0) is 17.6 Å². The molecule has 0 aliphatic rings. The van der Waals surface area contributed by atoms with Gasteiger partial charge in [0.2, 0.25) is 11.8 Å². The van der Waals surface area contributed by atoms with Gasteiger partial charge in [0.15, 0.2) is 0 Å². The van der Waals surface area contributed by atoms with Gasteiger partial charge >= 0.3 is 0 Å². The Labute approximate surface area is 175 Å². The lowest BCUT2D eigenvalue weighted by Gasteiger charge is -2.09. The number of benzene rings is 3. The smallest absolute Gasteiger partial charge is 0.249 e. The summed E-state index contributed by atoms with van der Waals surface area (Å²) in [6, 6.07) is 23.3. The second kappa shape index (κ2) is 9.89. The zero-order chi connectivity index (χ0) is 20.6. The molecule has 3 aromatic carbocycles. The maximum atomic E-state index is 12.1. The summed E-state index contributed by atoms with van der Waals surface area (Å²) in [6.07, 6.45) is 2.67. The Hall–Kier alpha value is -3.11. The molecule has 3 N–H and O–H groups in total. The van der Waals surface area contributed by atoms with E-state index in [-0.39, 0.29) is 5.91 Å². The van der Waals surface area contributed by atoms with Crippen LogP contribution in [0, 0.1) is 6.42 Å². The lowest BCUT2D eigenvalue weighted by atomic mass is 10.0. The van der Waals surface area contributed by atoms with Crippen LogP contribution < -0.4 is 11.1 Å². The first kappa shape index (κ1) is 20.6. The molecule has 3 rings (SSSR count). The number of rotatable bonds is 8. The molecule has 0 aliphatic carbocycles. The van der Waals surface area contributed by atoms with Crippen LogP contribution in [0.1, 0.15) is 21.5 Å². The molecule has 0 unspecified atom stereocenters. The number of nitrogens with one attached hydrogen (secondary N) is 1. The zero-order valence-electron chi connectivity index (χ0n) is 15.9. The highest BCUT2D eigenvalue weighted by molar-refractivity contribution is 6.31. The topological polar surface area (TPSA) is 72.2 Å². The molecule has 5 heteroatoms. The normalized spacial score (nSPS) is 10.5. The fourth-order valence-corrected chi connectivity index (χ4v) is 3.24. The second-order valence-corrected chi connectivity index (χ2v) is 7.11. The maximum Gasteiger partial charge on any atom is 0.249 e. The number of halogens is 1. The SMILES string of the molecule is NC(=O)c1cc(Cl)ccc1CCNC(=O)[CH]Cc1ccc(-c2ccccc2)cc1. The van der Waals surface area contributed by atoms with E-state index in [1.807, 2.05) is 30.3 Å². The molecule has 0 aromatic heterocycles. The van der Waals surface area contributed by atoms with Gasteiger partial charge in [0.1, 0.15) is 0 Å². The van der Waals surface area contributed by atoms with E-state index in [1.54, 1.807) is 24.6 Å². The summed E-state index contributed by atoms with van der Waals surface area (Å²) < 4.78 is 0. The molecule has 0 atom stereocenters. The van der Waals surface area contributed by atoms with Gasteiger partial charge in [0, 0.05) is 17.1 Å². The van der Waals surface area contributed by atoms with Gasteiger partial charge in [-0.1, -0.05) is 72.3 Å². The fraction of sp³-hybridized carbons (Fsp3) is 0.125. The largest absolute Gasteiger partial charge is 0.366 e. The minimum atomic E-state index is -0.528. The molecule has 0 spiro atoms. The van der Waals surface area contributed by atoms with Crippen molar-refractivity contribution >= 4 is 23.4 Å². The number of hydrogen-bond donors (Lipinski definition) is 2. The first-order valence-corrected chi connectivity index (χ1v) is 9.74. The van der Waals surface area contributed by atoms with Crippen molar-refractivity contribution in [2.45, 2.75) is 12.8 Å². The summed E-state index contributed by atoms with van der Waals surface area (Å²) in [4.78, 5) is 23.6. The van der Waals surface area contributed by atoms with Crippen LogP contribution in [0.3, 0.4) is 0 Å². The first-order chi connectivity index (χ1) is 14.0. The third-order valence-corrected chi connectivity index (χ3v) is 4.85. The van der Waals surface area contributed by atoms with Crippen molar-refractivity contribution in [3.05, 3.63) is 101 Å². The summed E-state index contributed by atoms with van der Waals surface area (Å²) in [5, 5.41) is 3.30. The predicted octanol–water partition coefficient (Wildman–Crippen LogP) is 4.21. The Morgan fingerprint density at radius 1 is 0.931 bits per heavy atom. The van der Waals surface area contributed by atoms with Crippen LogP contribution in [0.25, 0.3) is 11.1 Å². The summed E-state index contributed by atoms with van der Waals surface area (Å²) in [5.74, 6) is -0.675. The minimum absolute atomic E-state index is 0.147. The summed E-state index contributed by atoms with van der Waals surface area (Å²) in [7, 11) is 0. The third kappa shape index (κ3) is 5.93. The lowest BCUT2D eigenvalue weighted by Crippen LogP contribution is -2.27. The van der Waals surface area contributed by atoms with Crippen molar-refractivity contribution in [3.8, 4) is 11.1 Å². The predicted molar refractivity (Wildman–Crippen MR) is 117 cm³/mol. The number of primary amides is 1. The van der Waals surface area contributed by atoms with Crippen molar-refractivity contribution in [2.24, 2.45) is 5.73 Å². The first-order valence-electron chi connectivity index (χ1n) is 9.36.